The lowest BCUT2D eigenvalue weighted by Gasteiger charge is -2.25. The highest BCUT2D eigenvalue weighted by atomic mass is 16.6. The van der Waals surface area contributed by atoms with Crippen molar-refractivity contribution in [3.63, 3.8) is 0 Å². The molecular formula is C17H21N3O3. The lowest BCUT2D eigenvalue weighted by Crippen LogP contribution is -2.13. The van der Waals surface area contributed by atoms with Gasteiger partial charge in [-0.3, -0.25) is 10.1 Å². The van der Waals surface area contributed by atoms with Gasteiger partial charge < -0.3 is 4.52 Å². The van der Waals surface area contributed by atoms with Crippen LogP contribution in [0.5, 0.6) is 0 Å². The van der Waals surface area contributed by atoms with Gasteiger partial charge in [0.1, 0.15) is 0 Å². The van der Waals surface area contributed by atoms with Crippen LogP contribution in [0.2, 0.25) is 0 Å². The maximum Gasteiger partial charge on any atom is 0.269 e. The Morgan fingerprint density at radius 3 is 2.52 bits per heavy atom. The molecular weight excluding hydrogens is 294 g/mol. The Hall–Kier alpha value is -2.24. The van der Waals surface area contributed by atoms with Crippen LogP contribution in [0, 0.1) is 16.0 Å². The first-order valence-corrected chi connectivity index (χ1v) is 8.25. The molecule has 2 aromatic rings. The number of rotatable bonds is 5. The Labute approximate surface area is 135 Å². The predicted octanol–water partition coefficient (Wildman–Crippen LogP) is 4.72. The van der Waals surface area contributed by atoms with E-state index in [0.717, 1.165) is 24.3 Å². The monoisotopic (exact) mass is 315 g/mol. The second-order valence-electron chi connectivity index (χ2n) is 6.27. The standard InChI is InChI=1S/C17H21N3O3/c1-2-3-12-4-6-14(7-5-12)17-18-16(19-23-17)13-8-10-15(11-9-13)20(21)22/h8-12,14H,2-7H2,1H3. The van der Waals surface area contributed by atoms with E-state index in [1.807, 2.05) is 0 Å². The summed E-state index contributed by atoms with van der Waals surface area (Å²) in [5, 5.41) is 14.7. The molecule has 122 valence electrons. The molecule has 1 saturated carbocycles. The molecule has 1 heterocycles. The number of nitro benzene ring substituents is 1. The van der Waals surface area contributed by atoms with Gasteiger partial charge in [-0.2, -0.15) is 4.98 Å². The van der Waals surface area contributed by atoms with Crippen molar-refractivity contribution < 1.29 is 9.45 Å². The molecule has 0 N–H and O–H groups in total. The Morgan fingerprint density at radius 1 is 1.22 bits per heavy atom. The van der Waals surface area contributed by atoms with Crippen molar-refractivity contribution in [2.75, 3.05) is 0 Å². The Balaban J connectivity index is 1.67. The van der Waals surface area contributed by atoms with Crippen molar-refractivity contribution in [3.8, 4) is 11.4 Å². The van der Waals surface area contributed by atoms with Crippen molar-refractivity contribution in [2.24, 2.45) is 5.92 Å². The minimum atomic E-state index is -0.416. The third-order valence-corrected chi connectivity index (χ3v) is 4.67. The van der Waals surface area contributed by atoms with E-state index >= 15 is 0 Å². The molecule has 6 heteroatoms. The number of aromatic nitrogens is 2. The average Bonchev–Trinajstić information content (AvgIpc) is 3.06. The third-order valence-electron chi connectivity index (χ3n) is 4.67. The van der Waals surface area contributed by atoms with E-state index in [9.17, 15) is 10.1 Å². The fourth-order valence-electron chi connectivity index (χ4n) is 3.36. The Kier molecular flexibility index (Phi) is 4.69. The lowest BCUT2D eigenvalue weighted by atomic mass is 9.80. The van der Waals surface area contributed by atoms with Gasteiger partial charge in [0.2, 0.25) is 11.7 Å². The van der Waals surface area contributed by atoms with E-state index in [1.165, 1.54) is 37.8 Å². The molecule has 0 saturated heterocycles. The number of benzene rings is 1. The number of hydrogen-bond donors (Lipinski definition) is 0. The summed E-state index contributed by atoms with van der Waals surface area (Å²) in [5.74, 6) is 2.40. The van der Waals surface area contributed by atoms with Gasteiger partial charge in [0.05, 0.1) is 4.92 Å². The van der Waals surface area contributed by atoms with Gasteiger partial charge in [-0.15, -0.1) is 0 Å². The highest BCUT2D eigenvalue weighted by Gasteiger charge is 2.26. The van der Waals surface area contributed by atoms with Gasteiger partial charge in [-0.1, -0.05) is 24.9 Å². The summed E-state index contributed by atoms with van der Waals surface area (Å²) in [4.78, 5) is 14.8. The summed E-state index contributed by atoms with van der Waals surface area (Å²) in [5.41, 5.74) is 0.803. The molecule has 0 spiro atoms. The van der Waals surface area contributed by atoms with Crippen LogP contribution in [0.3, 0.4) is 0 Å². The molecule has 23 heavy (non-hydrogen) atoms. The number of non-ortho nitro benzene ring substituents is 1. The van der Waals surface area contributed by atoms with Crippen LogP contribution in [0.4, 0.5) is 5.69 Å². The normalized spacial score (nSPS) is 21.3. The first-order chi connectivity index (χ1) is 11.2. The highest BCUT2D eigenvalue weighted by Crippen LogP contribution is 2.37. The zero-order chi connectivity index (χ0) is 16.2. The minimum absolute atomic E-state index is 0.0618. The predicted molar refractivity (Wildman–Crippen MR) is 86.0 cm³/mol. The summed E-state index contributed by atoms with van der Waals surface area (Å²) < 4.78 is 5.44. The lowest BCUT2D eigenvalue weighted by molar-refractivity contribution is -0.384. The van der Waals surface area contributed by atoms with E-state index in [1.54, 1.807) is 12.1 Å². The van der Waals surface area contributed by atoms with Crippen LogP contribution < -0.4 is 0 Å². The number of nitro groups is 1. The maximum absolute atomic E-state index is 10.7. The number of hydrogen-bond acceptors (Lipinski definition) is 5. The number of nitrogens with zero attached hydrogens (tertiary/aromatic N) is 3. The minimum Gasteiger partial charge on any atom is -0.339 e. The molecule has 0 aliphatic heterocycles. The fourth-order valence-corrected chi connectivity index (χ4v) is 3.36. The van der Waals surface area contributed by atoms with E-state index in [-0.39, 0.29) is 5.69 Å². The topological polar surface area (TPSA) is 82.1 Å². The highest BCUT2D eigenvalue weighted by molar-refractivity contribution is 5.56. The van der Waals surface area contributed by atoms with E-state index < -0.39 is 4.92 Å². The van der Waals surface area contributed by atoms with Crippen molar-refractivity contribution in [1.29, 1.82) is 0 Å². The molecule has 0 amide bonds. The third kappa shape index (κ3) is 3.57. The molecule has 0 radical (unpaired) electrons. The summed E-state index contributed by atoms with van der Waals surface area (Å²) in [6.45, 7) is 2.24. The van der Waals surface area contributed by atoms with Crippen LogP contribution in [-0.2, 0) is 0 Å². The first-order valence-electron chi connectivity index (χ1n) is 8.25. The SMILES string of the molecule is CCCC1CCC(c2nc(-c3ccc([N+](=O)[O-])cc3)no2)CC1. The van der Waals surface area contributed by atoms with Gasteiger partial charge in [0, 0.05) is 23.6 Å². The second-order valence-corrected chi connectivity index (χ2v) is 6.27. The molecule has 0 bridgehead atoms. The summed E-state index contributed by atoms with van der Waals surface area (Å²) in [6, 6.07) is 6.23. The molecule has 0 atom stereocenters. The molecule has 0 unspecified atom stereocenters. The zero-order valence-electron chi connectivity index (χ0n) is 13.3. The van der Waals surface area contributed by atoms with E-state index in [4.69, 9.17) is 4.52 Å². The van der Waals surface area contributed by atoms with Gasteiger partial charge in [-0.05, 0) is 43.7 Å². The van der Waals surface area contributed by atoms with Crippen LogP contribution in [0.1, 0.15) is 57.3 Å². The van der Waals surface area contributed by atoms with E-state index in [2.05, 4.69) is 17.1 Å². The molecule has 1 aliphatic carbocycles. The molecule has 1 aromatic carbocycles. The smallest absolute Gasteiger partial charge is 0.269 e. The van der Waals surface area contributed by atoms with Crippen LogP contribution in [0.25, 0.3) is 11.4 Å². The Morgan fingerprint density at radius 2 is 1.91 bits per heavy atom. The molecule has 3 rings (SSSR count). The second kappa shape index (κ2) is 6.89. The van der Waals surface area contributed by atoms with Crippen molar-refractivity contribution in [1.82, 2.24) is 10.1 Å². The zero-order valence-corrected chi connectivity index (χ0v) is 13.3. The quantitative estimate of drug-likeness (QED) is 0.589. The van der Waals surface area contributed by atoms with Crippen molar-refractivity contribution in [3.05, 3.63) is 40.3 Å². The van der Waals surface area contributed by atoms with Crippen molar-refractivity contribution in [2.45, 2.75) is 51.4 Å². The molecule has 1 aromatic heterocycles. The van der Waals surface area contributed by atoms with E-state index in [0.29, 0.717) is 17.6 Å². The molecule has 1 fully saturated rings. The van der Waals surface area contributed by atoms with Crippen LogP contribution in [-0.4, -0.2) is 15.1 Å². The van der Waals surface area contributed by atoms with Gasteiger partial charge >= 0.3 is 0 Å². The maximum atomic E-state index is 10.7. The van der Waals surface area contributed by atoms with Gasteiger partial charge in [0.15, 0.2) is 0 Å². The average molecular weight is 315 g/mol. The summed E-state index contributed by atoms with van der Waals surface area (Å²) in [6.07, 6.45) is 7.23. The molecule has 6 nitrogen and oxygen atoms in total. The summed E-state index contributed by atoms with van der Waals surface area (Å²) >= 11 is 0. The van der Waals surface area contributed by atoms with Crippen LogP contribution in [0.15, 0.2) is 28.8 Å². The molecule has 1 aliphatic rings. The van der Waals surface area contributed by atoms with Crippen LogP contribution >= 0.6 is 0 Å². The van der Waals surface area contributed by atoms with Crippen molar-refractivity contribution >= 4 is 5.69 Å². The first kappa shape index (κ1) is 15.6. The van der Waals surface area contributed by atoms with Gasteiger partial charge in [0.25, 0.3) is 5.69 Å². The summed E-state index contributed by atoms with van der Waals surface area (Å²) in [7, 11) is 0. The fraction of sp³-hybridized carbons (Fsp3) is 0.529. The van der Waals surface area contributed by atoms with Gasteiger partial charge in [-0.25, -0.2) is 0 Å². The Bertz CT molecular complexity index is 658. The largest absolute Gasteiger partial charge is 0.339 e.